The van der Waals surface area contributed by atoms with Crippen LogP contribution in [-0.4, -0.2) is 68.7 Å². The van der Waals surface area contributed by atoms with Gasteiger partial charge in [0.1, 0.15) is 30.0 Å². The maximum atomic E-state index is 12.6. The molecule has 2 aliphatic rings. The third-order valence-corrected chi connectivity index (χ3v) is 5.78. The van der Waals surface area contributed by atoms with Crippen molar-refractivity contribution in [2.75, 3.05) is 18.6 Å². The Bertz CT molecular complexity index is 957. The number of aliphatic carboxylic acids is 1. The van der Waals surface area contributed by atoms with Gasteiger partial charge in [-0.15, -0.1) is 23.1 Å². The van der Waals surface area contributed by atoms with Gasteiger partial charge in [-0.3, -0.25) is 19.3 Å². The van der Waals surface area contributed by atoms with Crippen molar-refractivity contribution >= 4 is 57.7 Å². The van der Waals surface area contributed by atoms with E-state index in [4.69, 9.17) is 10.5 Å². The van der Waals surface area contributed by atoms with Crippen LogP contribution in [0, 0.1) is 0 Å². The Hall–Kier alpha value is -3.13. The minimum atomic E-state index is -1.41. The van der Waals surface area contributed by atoms with E-state index in [1.807, 2.05) is 0 Å². The molecule has 3 heterocycles. The number of thiazole rings is 1. The topological polar surface area (TPSA) is 174 Å². The molecule has 0 aliphatic carbocycles. The molecular formula is C15H15N5O7S2. The summed E-state index contributed by atoms with van der Waals surface area (Å²) in [6.45, 7) is 1.13. The molecule has 0 aromatic carbocycles. The average Bonchev–Trinajstić information content (AvgIpc) is 3.08. The summed E-state index contributed by atoms with van der Waals surface area (Å²) in [6, 6.07) is -1.00. The fourth-order valence-corrected chi connectivity index (χ4v) is 4.55. The van der Waals surface area contributed by atoms with E-state index in [1.165, 1.54) is 12.5 Å². The number of nitrogen functional groups attached to an aromatic ring is 1. The number of anilines is 1. The molecule has 2 atom stereocenters. The number of ether oxygens (including phenoxy) is 1. The summed E-state index contributed by atoms with van der Waals surface area (Å²) in [4.78, 5) is 57.6. The van der Waals surface area contributed by atoms with Gasteiger partial charge in [-0.25, -0.2) is 9.78 Å². The quantitative estimate of drug-likeness (QED) is 0.222. The molecule has 4 N–H and O–H groups in total. The monoisotopic (exact) mass is 441 g/mol. The number of thioether (sulfide) groups is 1. The highest BCUT2D eigenvalue weighted by molar-refractivity contribution is 8.00. The first-order valence-corrected chi connectivity index (χ1v) is 9.90. The number of oxime groups is 1. The van der Waals surface area contributed by atoms with E-state index >= 15 is 0 Å². The zero-order chi connectivity index (χ0) is 21.3. The molecule has 14 heteroatoms. The Morgan fingerprint density at radius 1 is 1.45 bits per heavy atom. The normalized spacial score (nSPS) is 21.2. The summed E-state index contributed by atoms with van der Waals surface area (Å²) in [6.07, 6.45) is 0. The number of fused-ring (bicyclic) bond motifs is 1. The maximum Gasteiger partial charge on any atom is 0.356 e. The lowest BCUT2D eigenvalue weighted by Crippen LogP contribution is -2.71. The molecule has 154 valence electrons. The van der Waals surface area contributed by atoms with Crippen molar-refractivity contribution in [1.29, 1.82) is 0 Å². The van der Waals surface area contributed by atoms with E-state index < -0.39 is 40.9 Å². The van der Waals surface area contributed by atoms with Crippen LogP contribution < -0.4 is 11.1 Å². The first-order chi connectivity index (χ1) is 13.7. The molecular weight excluding hydrogens is 426 g/mol. The van der Waals surface area contributed by atoms with Gasteiger partial charge in [0.25, 0.3) is 11.8 Å². The number of carboxylic acids is 1. The van der Waals surface area contributed by atoms with E-state index in [0.29, 0.717) is 0 Å². The zero-order valence-electron chi connectivity index (χ0n) is 15.1. The summed E-state index contributed by atoms with van der Waals surface area (Å²) in [7, 11) is 1.25. The molecule has 12 nitrogen and oxygen atoms in total. The van der Waals surface area contributed by atoms with Crippen molar-refractivity contribution in [2.24, 2.45) is 5.16 Å². The smallest absolute Gasteiger partial charge is 0.356 e. The fourth-order valence-electron chi connectivity index (χ4n) is 2.74. The Morgan fingerprint density at radius 2 is 2.17 bits per heavy atom. The van der Waals surface area contributed by atoms with Gasteiger partial charge in [-0.1, -0.05) is 5.16 Å². The Morgan fingerprint density at radius 3 is 2.72 bits per heavy atom. The molecule has 0 bridgehead atoms. The van der Waals surface area contributed by atoms with Crippen LogP contribution in [0.2, 0.25) is 0 Å². The predicted octanol–water partition coefficient (Wildman–Crippen LogP) is -0.665. The minimum Gasteiger partial charge on any atom is -0.476 e. The van der Waals surface area contributed by atoms with E-state index in [1.54, 1.807) is 0 Å². The van der Waals surface area contributed by atoms with Crippen molar-refractivity contribution < 1.29 is 33.9 Å². The molecule has 0 spiro atoms. The Labute approximate surface area is 171 Å². The maximum absolute atomic E-state index is 12.6. The summed E-state index contributed by atoms with van der Waals surface area (Å²) < 4.78 is 4.92. The summed E-state index contributed by atoms with van der Waals surface area (Å²) in [5.41, 5.74) is 5.15. The average molecular weight is 441 g/mol. The first kappa shape index (κ1) is 20.6. The van der Waals surface area contributed by atoms with Crippen LogP contribution in [0.4, 0.5) is 5.13 Å². The lowest BCUT2D eigenvalue weighted by atomic mass is 10.0. The number of hydrogen-bond donors (Lipinski definition) is 3. The summed E-state index contributed by atoms with van der Waals surface area (Å²) in [5.74, 6) is -3.58. The van der Waals surface area contributed by atoms with Crippen LogP contribution in [-0.2, 0) is 28.8 Å². The molecule has 29 heavy (non-hydrogen) atoms. The summed E-state index contributed by atoms with van der Waals surface area (Å²) >= 11 is 2.25. The standard InChI is InChI=1S/C15H15N5O7S2/c1-5(21)27-7-4-28-13-9(12(23)20(13)10(7)14(24)25)18-11(22)8(19-26-2)6-3-29-15(16)17-6/h3,9,13H,4H2,1-2H3,(H2,16,17)(H,18,22)(H,24,25)/t9?,13-/m1/s1. The number of esters is 1. The highest BCUT2D eigenvalue weighted by atomic mass is 32.2. The SMILES string of the molecule is CON=C(C(=O)NC1C(=O)N2C(C(=O)O)=C(OC(C)=O)CS[C@H]12)c1csc(N)n1. The van der Waals surface area contributed by atoms with Crippen molar-refractivity contribution in [1.82, 2.24) is 15.2 Å². The number of carbonyl (C=O) groups excluding carboxylic acids is 3. The Balaban J connectivity index is 1.80. The highest BCUT2D eigenvalue weighted by Crippen LogP contribution is 2.40. The molecule has 0 radical (unpaired) electrons. The number of amides is 2. The third-order valence-electron chi connectivity index (χ3n) is 3.85. The number of nitrogens with one attached hydrogen (secondary N) is 1. The van der Waals surface area contributed by atoms with E-state index in [-0.39, 0.29) is 28.0 Å². The lowest BCUT2D eigenvalue weighted by Gasteiger charge is -2.48. The number of nitrogens with two attached hydrogens (primary N) is 1. The molecule has 1 saturated heterocycles. The minimum absolute atomic E-state index is 0.0453. The number of nitrogens with zero attached hydrogens (tertiary/aromatic N) is 3. The van der Waals surface area contributed by atoms with Crippen molar-refractivity contribution in [3.05, 3.63) is 22.5 Å². The molecule has 2 aliphatic heterocycles. The van der Waals surface area contributed by atoms with Crippen LogP contribution >= 0.6 is 23.1 Å². The van der Waals surface area contributed by atoms with Crippen LogP contribution in [0.3, 0.4) is 0 Å². The zero-order valence-corrected chi connectivity index (χ0v) is 16.7. The third kappa shape index (κ3) is 3.88. The van der Waals surface area contributed by atoms with Crippen LogP contribution in [0.25, 0.3) is 0 Å². The van der Waals surface area contributed by atoms with Gasteiger partial charge in [0.05, 0.1) is 5.75 Å². The number of carbonyl (C=O) groups is 4. The molecule has 1 aromatic rings. The van der Waals surface area contributed by atoms with Crippen molar-refractivity contribution in [3.8, 4) is 0 Å². The molecule has 1 unspecified atom stereocenters. The highest BCUT2D eigenvalue weighted by Gasteiger charge is 2.55. The van der Waals surface area contributed by atoms with Crippen molar-refractivity contribution in [3.63, 3.8) is 0 Å². The first-order valence-electron chi connectivity index (χ1n) is 7.97. The number of rotatable bonds is 6. The van der Waals surface area contributed by atoms with Gasteiger partial charge in [0.15, 0.2) is 16.5 Å². The largest absolute Gasteiger partial charge is 0.476 e. The second-order valence-electron chi connectivity index (χ2n) is 5.72. The van der Waals surface area contributed by atoms with Crippen LogP contribution in [0.5, 0.6) is 0 Å². The Kier molecular flexibility index (Phi) is 5.74. The summed E-state index contributed by atoms with van der Waals surface area (Å²) in [5, 5.41) is 16.6. The van der Waals surface area contributed by atoms with Gasteiger partial charge in [0.2, 0.25) is 0 Å². The molecule has 0 saturated carbocycles. The second kappa shape index (κ2) is 8.08. The van der Waals surface area contributed by atoms with Gasteiger partial charge >= 0.3 is 11.9 Å². The van der Waals surface area contributed by atoms with Gasteiger partial charge in [-0.05, 0) is 0 Å². The van der Waals surface area contributed by atoms with E-state index in [9.17, 15) is 24.3 Å². The van der Waals surface area contributed by atoms with Crippen molar-refractivity contribution in [2.45, 2.75) is 18.3 Å². The predicted molar refractivity (Wildman–Crippen MR) is 102 cm³/mol. The fraction of sp³-hybridized carbons (Fsp3) is 0.333. The lowest BCUT2D eigenvalue weighted by molar-refractivity contribution is -0.151. The molecule has 2 amide bonds. The second-order valence-corrected chi connectivity index (χ2v) is 7.72. The van der Waals surface area contributed by atoms with E-state index in [2.05, 4.69) is 20.3 Å². The molecule has 1 fully saturated rings. The van der Waals surface area contributed by atoms with Crippen LogP contribution in [0.1, 0.15) is 12.6 Å². The number of aromatic nitrogens is 1. The van der Waals surface area contributed by atoms with Gasteiger partial charge in [0, 0.05) is 12.3 Å². The molecule has 3 rings (SSSR count). The number of hydrogen-bond acceptors (Lipinski definition) is 11. The van der Waals surface area contributed by atoms with Gasteiger partial charge in [-0.2, -0.15) is 0 Å². The number of β-lactam (4-membered cyclic amide) rings is 1. The van der Waals surface area contributed by atoms with Gasteiger partial charge < -0.3 is 25.7 Å². The molecule has 1 aromatic heterocycles. The van der Waals surface area contributed by atoms with Crippen LogP contribution in [0.15, 0.2) is 22.0 Å². The van der Waals surface area contributed by atoms with E-state index in [0.717, 1.165) is 34.9 Å². The number of carboxylic acid groups (broad SMARTS) is 1.